The molecule has 0 unspecified atom stereocenters. The first-order chi connectivity index (χ1) is 32.7. The van der Waals surface area contributed by atoms with Crippen LogP contribution in [0.25, 0.3) is 95.0 Å². The minimum absolute atomic E-state index is 0. The quantitative estimate of drug-likeness (QED) is 0.154. The molecule has 0 atom stereocenters. The largest absolute Gasteiger partial charge is 0.507 e. The molecule has 0 aliphatic carbocycles. The third kappa shape index (κ3) is 9.27. The first-order valence-electron chi connectivity index (χ1n) is 23.5. The van der Waals surface area contributed by atoms with Crippen molar-refractivity contribution in [2.45, 2.75) is 66.2 Å². The maximum Gasteiger partial charge on any atom is 0.148 e. The van der Waals surface area contributed by atoms with Crippen molar-refractivity contribution in [2.24, 2.45) is 0 Å². The summed E-state index contributed by atoms with van der Waals surface area (Å²) >= 11 is 0. The molecule has 0 fully saturated rings. The standard InChI is InChI=1S/C64H56N3O.Pt/c1-41-33-42(2)61(68)55(34-41)62-66-60-52(25-18-26-58(60)67(62)59-40-53(46-21-14-10-15-22-46)56(64(6,7)8)39-54(59)47-23-16-11-17-24-47)49-35-50(37-51(36-49)63(3,4)5)57-38-48(31-32-65-57)45-29-27-44(28-30-45)43-19-12-9-13-20-43;/h9-34,36-40,68H,1-8H3;/q-1;. The molecule has 1 N–H and O–H groups in total. The predicted molar refractivity (Wildman–Crippen MR) is 284 cm³/mol. The van der Waals surface area contributed by atoms with E-state index >= 15 is 0 Å². The van der Waals surface area contributed by atoms with Crippen molar-refractivity contribution < 1.29 is 26.2 Å². The van der Waals surface area contributed by atoms with E-state index in [1.54, 1.807) is 0 Å². The van der Waals surface area contributed by atoms with Crippen molar-refractivity contribution in [2.75, 3.05) is 0 Å². The Morgan fingerprint density at radius 2 is 1.07 bits per heavy atom. The zero-order valence-electron chi connectivity index (χ0n) is 40.5. The van der Waals surface area contributed by atoms with Gasteiger partial charge in [-0.15, -0.1) is 29.3 Å². The number of hydrogen-bond donors (Lipinski definition) is 1. The van der Waals surface area contributed by atoms with E-state index in [1.165, 1.54) is 22.3 Å². The number of aromatic nitrogens is 3. The van der Waals surface area contributed by atoms with Gasteiger partial charge in [0.15, 0.2) is 0 Å². The van der Waals surface area contributed by atoms with Crippen molar-refractivity contribution >= 4 is 11.0 Å². The fourth-order valence-corrected chi connectivity index (χ4v) is 9.50. The van der Waals surface area contributed by atoms with Crippen LogP contribution in [0.4, 0.5) is 0 Å². The molecule has 0 aliphatic rings. The molecule has 0 saturated carbocycles. The number of phenolic OH excluding ortho intramolecular Hbond substituents is 1. The van der Waals surface area contributed by atoms with Crippen molar-refractivity contribution in [3.05, 3.63) is 217 Å². The number of aromatic hydroxyl groups is 1. The average molecular weight is 1080 g/mol. The molecule has 5 heteroatoms. The number of rotatable bonds is 8. The van der Waals surface area contributed by atoms with E-state index in [-0.39, 0.29) is 37.6 Å². The third-order valence-electron chi connectivity index (χ3n) is 13.1. The van der Waals surface area contributed by atoms with Crippen LogP contribution in [0.5, 0.6) is 5.75 Å². The summed E-state index contributed by atoms with van der Waals surface area (Å²) in [6.45, 7) is 17.6. The van der Waals surface area contributed by atoms with Crippen LogP contribution >= 0.6 is 0 Å². The number of phenols is 1. The molecule has 344 valence electrons. The second kappa shape index (κ2) is 18.7. The van der Waals surface area contributed by atoms with Gasteiger partial charge in [0.2, 0.25) is 0 Å². The zero-order chi connectivity index (χ0) is 47.3. The Morgan fingerprint density at radius 3 is 1.70 bits per heavy atom. The van der Waals surface area contributed by atoms with Crippen molar-refractivity contribution in [1.82, 2.24) is 14.5 Å². The first-order valence-corrected chi connectivity index (χ1v) is 23.5. The molecule has 10 aromatic rings. The molecule has 69 heavy (non-hydrogen) atoms. The summed E-state index contributed by atoms with van der Waals surface area (Å²) in [7, 11) is 0. The summed E-state index contributed by atoms with van der Waals surface area (Å²) in [6, 6.07) is 68.4. The van der Waals surface area contributed by atoms with Crippen LogP contribution in [-0.2, 0) is 31.9 Å². The van der Waals surface area contributed by atoms with Crippen molar-refractivity contribution in [3.63, 3.8) is 0 Å². The predicted octanol–water partition coefficient (Wildman–Crippen LogP) is 16.8. The number of pyridine rings is 1. The fourth-order valence-electron chi connectivity index (χ4n) is 9.50. The monoisotopic (exact) mass is 1080 g/mol. The number of fused-ring (bicyclic) bond motifs is 1. The van der Waals surface area contributed by atoms with E-state index < -0.39 is 0 Å². The minimum Gasteiger partial charge on any atom is -0.507 e. The molecule has 0 aliphatic heterocycles. The average Bonchev–Trinajstić information content (AvgIpc) is 3.74. The molecule has 0 spiro atoms. The molecule has 4 nitrogen and oxygen atoms in total. The van der Waals surface area contributed by atoms with Gasteiger partial charge in [-0.3, -0.25) is 9.55 Å². The number of benzene rings is 8. The Balaban J connectivity index is 0.00000593. The molecular formula is C64H56N3OPt-. The van der Waals surface area contributed by atoms with E-state index in [4.69, 9.17) is 9.97 Å². The molecule has 2 aromatic heterocycles. The summed E-state index contributed by atoms with van der Waals surface area (Å²) in [5.41, 5.74) is 20.0. The number of hydrogen-bond acceptors (Lipinski definition) is 3. The number of para-hydroxylation sites is 1. The van der Waals surface area contributed by atoms with Gasteiger partial charge in [0.25, 0.3) is 0 Å². The summed E-state index contributed by atoms with van der Waals surface area (Å²) in [6.07, 6.45) is 1.90. The Morgan fingerprint density at radius 1 is 0.493 bits per heavy atom. The summed E-state index contributed by atoms with van der Waals surface area (Å²) in [5.74, 6) is 0.880. The Labute approximate surface area is 421 Å². The Bertz CT molecular complexity index is 3470. The summed E-state index contributed by atoms with van der Waals surface area (Å²) in [4.78, 5) is 10.6. The minimum atomic E-state index is -0.181. The first kappa shape index (κ1) is 47.0. The topological polar surface area (TPSA) is 50.9 Å². The summed E-state index contributed by atoms with van der Waals surface area (Å²) < 4.78 is 2.27. The number of aryl methyl sites for hydroxylation is 2. The van der Waals surface area contributed by atoms with Gasteiger partial charge in [0.05, 0.1) is 22.3 Å². The van der Waals surface area contributed by atoms with Gasteiger partial charge in [-0.1, -0.05) is 192 Å². The van der Waals surface area contributed by atoms with Crippen LogP contribution in [0, 0.1) is 19.9 Å². The second-order valence-electron chi connectivity index (χ2n) is 20.1. The third-order valence-corrected chi connectivity index (χ3v) is 13.1. The van der Waals surface area contributed by atoms with Gasteiger partial charge in [0, 0.05) is 38.5 Å². The van der Waals surface area contributed by atoms with Crippen molar-refractivity contribution in [1.29, 1.82) is 0 Å². The number of nitrogens with zero attached hydrogens (tertiary/aromatic N) is 3. The Hall–Kier alpha value is -7.13. The number of imidazole rings is 1. The second-order valence-corrected chi connectivity index (χ2v) is 20.1. The van der Waals surface area contributed by atoms with Gasteiger partial charge < -0.3 is 5.11 Å². The molecule has 10 rings (SSSR count). The summed E-state index contributed by atoms with van der Waals surface area (Å²) in [5, 5.41) is 12.0. The van der Waals surface area contributed by atoms with E-state index in [0.717, 1.165) is 83.6 Å². The SMILES string of the molecule is Cc1cc(C)c(O)c(-c2nc3c(-c4[c-]c(-c5cc(-c6ccc(-c7ccccc7)cc6)ccn5)cc(C(C)(C)C)c4)cccc3n2-c2cc(-c3ccccc3)c(C(C)(C)C)cc2-c2ccccc2)c1.[Pt]. The van der Waals surface area contributed by atoms with Crippen molar-refractivity contribution in [3.8, 4) is 89.7 Å². The Kier molecular flexibility index (Phi) is 12.8. The van der Waals surface area contributed by atoms with E-state index in [9.17, 15) is 5.11 Å². The molecule has 2 heterocycles. The maximum absolute atomic E-state index is 12.0. The van der Waals surface area contributed by atoms with Crippen LogP contribution in [0.2, 0.25) is 0 Å². The molecule has 0 amide bonds. The van der Waals surface area contributed by atoms with Crippen LogP contribution in [0.15, 0.2) is 188 Å². The van der Waals surface area contributed by atoms with Crippen LogP contribution in [-0.4, -0.2) is 19.6 Å². The molecular weight excluding hydrogens is 1020 g/mol. The normalized spacial score (nSPS) is 11.7. The van der Waals surface area contributed by atoms with Gasteiger partial charge in [0.1, 0.15) is 11.6 Å². The molecule has 0 bridgehead atoms. The molecule has 0 radical (unpaired) electrons. The van der Waals surface area contributed by atoms with Gasteiger partial charge in [-0.05, 0) is 111 Å². The van der Waals surface area contributed by atoms with Crippen LogP contribution in [0.3, 0.4) is 0 Å². The van der Waals surface area contributed by atoms with E-state index in [0.29, 0.717) is 11.4 Å². The van der Waals surface area contributed by atoms with Gasteiger partial charge in [-0.2, -0.15) is 0 Å². The van der Waals surface area contributed by atoms with Crippen LogP contribution < -0.4 is 0 Å². The van der Waals surface area contributed by atoms with Gasteiger partial charge in [-0.25, -0.2) is 4.98 Å². The van der Waals surface area contributed by atoms with E-state index in [2.05, 4.69) is 229 Å². The fraction of sp³-hybridized carbons (Fsp3) is 0.156. The van der Waals surface area contributed by atoms with Crippen LogP contribution in [0.1, 0.15) is 63.8 Å². The smallest absolute Gasteiger partial charge is 0.148 e. The van der Waals surface area contributed by atoms with E-state index in [1.807, 2.05) is 25.3 Å². The zero-order valence-corrected chi connectivity index (χ0v) is 42.8. The maximum atomic E-state index is 12.0. The van der Waals surface area contributed by atoms with Gasteiger partial charge >= 0.3 is 0 Å². The molecule has 8 aromatic carbocycles. The molecule has 0 saturated heterocycles.